The molecule has 0 amide bonds. The van der Waals surface area contributed by atoms with Crippen molar-refractivity contribution < 1.29 is 19.1 Å². The van der Waals surface area contributed by atoms with Gasteiger partial charge in [-0.3, -0.25) is 9.59 Å². The predicted octanol–water partition coefficient (Wildman–Crippen LogP) is 4.63. The fourth-order valence-electron chi connectivity index (χ4n) is 2.62. The molecule has 4 nitrogen and oxygen atoms in total. The van der Waals surface area contributed by atoms with Crippen molar-refractivity contribution in [1.82, 2.24) is 0 Å². The van der Waals surface area contributed by atoms with E-state index < -0.39 is 0 Å². The van der Waals surface area contributed by atoms with Crippen LogP contribution in [0.25, 0.3) is 6.08 Å². The monoisotopic (exact) mass is 362 g/mol. The van der Waals surface area contributed by atoms with Crippen molar-refractivity contribution in [1.29, 1.82) is 0 Å². The highest BCUT2D eigenvalue weighted by Crippen LogP contribution is 2.35. The summed E-state index contributed by atoms with van der Waals surface area (Å²) in [7, 11) is 0. The zero-order valence-corrected chi connectivity index (χ0v) is 14.5. The van der Waals surface area contributed by atoms with Gasteiger partial charge in [0.25, 0.3) is 0 Å². The van der Waals surface area contributed by atoms with Gasteiger partial charge in [0.1, 0.15) is 11.5 Å². The van der Waals surface area contributed by atoms with E-state index in [9.17, 15) is 9.59 Å². The molecule has 1 aromatic heterocycles. The highest BCUT2D eigenvalue weighted by atomic mass is 32.1. The van der Waals surface area contributed by atoms with E-state index in [0.717, 1.165) is 4.88 Å². The van der Waals surface area contributed by atoms with E-state index in [1.54, 1.807) is 36.4 Å². The number of rotatable bonds is 5. The topological polar surface area (TPSA) is 52.6 Å². The number of ketones is 2. The highest BCUT2D eigenvalue weighted by molar-refractivity contribution is 7.10. The Balaban J connectivity index is 1.48. The Hall–Kier alpha value is -3.18. The van der Waals surface area contributed by atoms with Gasteiger partial charge in [-0.2, -0.15) is 0 Å². The molecule has 0 spiro atoms. The van der Waals surface area contributed by atoms with Crippen LogP contribution >= 0.6 is 11.3 Å². The first-order valence-corrected chi connectivity index (χ1v) is 8.91. The average Bonchev–Trinajstić information content (AvgIpc) is 3.29. The Kier molecular flexibility index (Phi) is 4.37. The lowest BCUT2D eigenvalue weighted by Gasteiger charge is -2.06. The fourth-order valence-corrected chi connectivity index (χ4v) is 3.26. The summed E-state index contributed by atoms with van der Waals surface area (Å²) in [6.07, 6.45) is 1.73. The quantitative estimate of drug-likeness (QED) is 0.491. The summed E-state index contributed by atoms with van der Waals surface area (Å²) in [6, 6.07) is 17.8. The average molecular weight is 362 g/mol. The van der Waals surface area contributed by atoms with Crippen LogP contribution in [0.3, 0.4) is 0 Å². The third-order valence-electron chi connectivity index (χ3n) is 3.92. The van der Waals surface area contributed by atoms with Crippen molar-refractivity contribution in [2.75, 3.05) is 6.61 Å². The summed E-state index contributed by atoms with van der Waals surface area (Å²) in [4.78, 5) is 25.5. The van der Waals surface area contributed by atoms with E-state index in [2.05, 4.69) is 0 Å². The predicted molar refractivity (Wildman–Crippen MR) is 100.0 cm³/mol. The second kappa shape index (κ2) is 6.98. The van der Waals surface area contributed by atoms with Gasteiger partial charge in [-0.05, 0) is 23.6 Å². The van der Waals surface area contributed by atoms with Gasteiger partial charge in [0.15, 0.2) is 18.1 Å². The smallest absolute Gasteiger partial charge is 0.232 e. The summed E-state index contributed by atoms with van der Waals surface area (Å²) in [5.74, 6) is 0.960. The van der Waals surface area contributed by atoms with Gasteiger partial charge in [0.2, 0.25) is 5.78 Å². The molecule has 0 saturated heterocycles. The van der Waals surface area contributed by atoms with E-state index in [0.29, 0.717) is 28.4 Å². The third-order valence-corrected chi connectivity index (χ3v) is 4.74. The number of Topliss-reactive ketones (excluding diaryl/α,β-unsaturated/α-hetero) is 2. The molecule has 26 heavy (non-hydrogen) atoms. The van der Waals surface area contributed by atoms with E-state index in [4.69, 9.17) is 9.47 Å². The fraction of sp³-hybridized carbons (Fsp3) is 0.0476. The number of carbonyl (C=O) groups excluding carboxylic acids is 2. The number of hydrogen-bond acceptors (Lipinski definition) is 5. The van der Waals surface area contributed by atoms with E-state index in [1.807, 2.05) is 35.7 Å². The summed E-state index contributed by atoms with van der Waals surface area (Å²) < 4.78 is 11.2. The highest BCUT2D eigenvalue weighted by Gasteiger charge is 2.27. The van der Waals surface area contributed by atoms with Crippen LogP contribution in [-0.2, 0) is 0 Å². The number of allylic oxidation sites excluding steroid dienone is 1. The number of ether oxygens (including phenoxy) is 2. The molecule has 2 heterocycles. The zero-order chi connectivity index (χ0) is 17.9. The number of fused-ring (bicyclic) bond motifs is 1. The number of thiophene rings is 1. The lowest BCUT2D eigenvalue weighted by molar-refractivity contribution is 0.0921. The molecule has 0 radical (unpaired) electrons. The Morgan fingerprint density at radius 2 is 1.92 bits per heavy atom. The molecule has 0 bridgehead atoms. The summed E-state index contributed by atoms with van der Waals surface area (Å²) in [6.45, 7) is -0.0748. The van der Waals surface area contributed by atoms with Crippen molar-refractivity contribution in [2.24, 2.45) is 0 Å². The van der Waals surface area contributed by atoms with Gasteiger partial charge in [-0.1, -0.05) is 36.4 Å². The molecule has 0 fully saturated rings. The van der Waals surface area contributed by atoms with Crippen LogP contribution in [-0.4, -0.2) is 18.2 Å². The van der Waals surface area contributed by atoms with E-state index in [1.165, 1.54) is 11.3 Å². The van der Waals surface area contributed by atoms with Crippen LogP contribution in [0.15, 0.2) is 71.8 Å². The lowest BCUT2D eigenvalue weighted by Crippen LogP contribution is -2.11. The molecule has 2 aromatic carbocycles. The van der Waals surface area contributed by atoms with Crippen molar-refractivity contribution in [3.8, 4) is 11.5 Å². The van der Waals surface area contributed by atoms with Crippen molar-refractivity contribution in [3.05, 3.63) is 87.8 Å². The van der Waals surface area contributed by atoms with Crippen molar-refractivity contribution >= 4 is 29.0 Å². The molecule has 1 aliphatic rings. The number of hydrogen-bond donors (Lipinski definition) is 0. The van der Waals surface area contributed by atoms with Crippen LogP contribution in [0.5, 0.6) is 11.5 Å². The molecule has 0 unspecified atom stereocenters. The van der Waals surface area contributed by atoms with Gasteiger partial charge in [0.05, 0.1) is 5.56 Å². The van der Waals surface area contributed by atoms with Gasteiger partial charge >= 0.3 is 0 Å². The maximum atomic E-state index is 12.4. The van der Waals surface area contributed by atoms with Crippen molar-refractivity contribution in [3.63, 3.8) is 0 Å². The Labute approximate surface area is 154 Å². The third kappa shape index (κ3) is 3.30. The van der Waals surface area contributed by atoms with Gasteiger partial charge in [0, 0.05) is 22.6 Å². The molecular formula is C21H14O4S. The molecule has 3 aromatic rings. The van der Waals surface area contributed by atoms with Crippen LogP contribution in [0.2, 0.25) is 0 Å². The first kappa shape index (κ1) is 16.3. The maximum Gasteiger partial charge on any atom is 0.232 e. The maximum absolute atomic E-state index is 12.4. The van der Waals surface area contributed by atoms with Crippen LogP contribution in [0, 0.1) is 0 Å². The minimum Gasteiger partial charge on any atom is -0.485 e. The minimum atomic E-state index is -0.152. The van der Waals surface area contributed by atoms with Crippen LogP contribution < -0.4 is 9.47 Å². The molecule has 0 atom stereocenters. The molecule has 4 rings (SSSR count). The van der Waals surface area contributed by atoms with E-state index in [-0.39, 0.29) is 18.2 Å². The summed E-state index contributed by atoms with van der Waals surface area (Å²) in [5, 5.41) is 1.94. The van der Waals surface area contributed by atoms with Gasteiger partial charge in [-0.15, -0.1) is 11.3 Å². The molecule has 0 aliphatic carbocycles. The number of benzene rings is 2. The normalized spacial score (nSPS) is 14.2. The second-order valence-corrected chi connectivity index (χ2v) is 6.67. The molecule has 128 valence electrons. The molecule has 0 saturated carbocycles. The summed E-state index contributed by atoms with van der Waals surface area (Å²) >= 11 is 1.53. The molecule has 1 aliphatic heterocycles. The van der Waals surface area contributed by atoms with Gasteiger partial charge < -0.3 is 9.47 Å². The zero-order valence-electron chi connectivity index (χ0n) is 13.7. The standard InChI is InChI=1S/C21H14O4S/c22-18(14-5-2-1-3-6-14)13-24-15-8-9-17-19(11-15)25-20(21(17)23)12-16-7-4-10-26-16/h1-12H,13H2. The molecular weight excluding hydrogens is 348 g/mol. The number of carbonyl (C=O) groups is 2. The Morgan fingerprint density at radius 3 is 2.69 bits per heavy atom. The molecule has 0 N–H and O–H groups in total. The largest absolute Gasteiger partial charge is 0.485 e. The SMILES string of the molecule is O=C(COc1ccc2c(c1)OC(=Cc1cccs1)C2=O)c1ccccc1. The van der Waals surface area contributed by atoms with Crippen molar-refractivity contribution in [2.45, 2.75) is 0 Å². The van der Waals surface area contributed by atoms with Gasteiger partial charge in [-0.25, -0.2) is 0 Å². The minimum absolute atomic E-state index is 0.0748. The van der Waals surface area contributed by atoms with E-state index >= 15 is 0 Å². The lowest BCUT2D eigenvalue weighted by atomic mass is 10.1. The Bertz CT molecular complexity index is 988. The van der Waals surface area contributed by atoms with Crippen LogP contribution in [0.4, 0.5) is 0 Å². The van der Waals surface area contributed by atoms with Crippen LogP contribution in [0.1, 0.15) is 25.6 Å². The first-order valence-electron chi connectivity index (χ1n) is 8.03. The molecule has 5 heteroatoms. The Morgan fingerprint density at radius 1 is 1.08 bits per heavy atom. The second-order valence-electron chi connectivity index (χ2n) is 5.69. The summed E-state index contributed by atoms with van der Waals surface area (Å²) in [5.41, 5.74) is 1.09. The first-order chi connectivity index (χ1) is 12.7.